The Morgan fingerprint density at radius 2 is 2.19 bits per heavy atom. The van der Waals surface area contributed by atoms with Crippen molar-refractivity contribution in [2.45, 2.75) is 45.1 Å². The van der Waals surface area contributed by atoms with E-state index in [9.17, 15) is 4.39 Å². The molecule has 1 saturated heterocycles. The van der Waals surface area contributed by atoms with E-state index in [4.69, 9.17) is 17.3 Å². The van der Waals surface area contributed by atoms with Gasteiger partial charge in [-0.15, -0.1) is 0 Å². The van der Waals surface area contributed by atoms with E-state index in [1.165, 1.54) is 38.2 Å². The zero-order valence-electron chi connectivity index (χ0n) is 12.8. The Labute approximate surface area is 132 Å². The van der Waals surface area contributed by atoms with Crippen molar-refractivity contribution in [1.29, 1.82) is 0 Å². The highest BCUT2D eigenvalue weighted by Gasteiger charge is 2.25. The van der Waals surface area contributed by atoms with E-state index in [1.807, 2.05) is 0 Å². The highest BCUT2D eigenvalue weighted by molar-refractivity contribution is 6.30. The van der Waals surface area contributed by atoms with Crippen LogP contribution in [0.4, 0.5) is 4.39 Å². The van der Waals surface area contributed by atoms with Crippen LogP contribution in [-0.4, -0.2) is 24.5 Å². The number of halogens is 2. The Balaban J connectivity index is 2.10. The predicted octanol–water partition coefficient (Wildman–Crippen LogP) is 4.38. The van der Waals surface area contributed by atoms with E-state index < -0.39 is 0 Å². The molecule has 0 bridgehead atoms. The second kappa shape index (κ2) is 8.11. The minimum atomic E-state index is -0.243. The molecule has 1 fully saturated rings. The lowest BCUT2D eigenvalue weighted by Gasteiger charge is -2.30. The molecular formula is C17H26ClFN2. The van der Waals surface area contributed by atoms with Crippen LogP contribution in [0.3, 0.4) is 0 Å². The summed E-state index contributed by atoms with van der Waals surface area (Å²) in [5.41, 5.74) is 6.62. The van der Waals surface area contributed by atoms with Gasteiger partial charge in [-0.2, -0.15) is 0 Å². The summed E-state index contributed by atoms with van der Waals surface area (Å²) in [4.78, 5) is 2.35. The zero-order valence-corrected chi connectivity index (χ0v) is 13.6. The topological polar surface area (TPSA) is 29.3 Å². The van der Waals surface area contributed by atoms with Crippen LogP contribution < -0.4 is 5.73 Å². The van der Waals surface area contributed by atoms with E-state index in [0.717, 1.165) is 19.0 Å². The summed E-state index contributed by atoms with van der Waals surface area (Å²) in [5.74, 6) is 0.570. The number of hydrogen-bond acceptors (Lipinski definition) is 2. The van der Waals surface area contributed by atoms with E-state index in [1.54, 1.807) is 12.1 Å². The Kier molecular flexibility index (Phi) is 6.46. The standard InChI is InChI=1S/C17H26ClFN2/c1-2-4-13-5-3-9-21(10-8-13)17(12-20)15-7-6-14(18)11-16(15)19/h6-7,11,13,17H,2-5,8-10,12,20H2,1H3. The first-order chi connectivity index (χ1) is 10.2. The molecule has 2 rings (SSSR count). The first-order valence-electron chi connectivity index (χ1n) is 8.04. The van der Waals surface area contributed by atoms with Crippen LogP contribution in [0.5, 0.6) is 0 Å². The molecule has 21 heavy (non-hydrogen) atoms. The molecule has 0 amide bonds. The van der Waals surface area contributed by atoms with Gasteiger partial charge in [0.1, 0.15) is 5.82 Å². The molecule has 1 aromatic carbocycles. The first-order valence-corrected chi connectivity index (χ1v) is 8.42. The molecule has 0 spiro atoms. The van der Waals surface area contributed by atoms with Crippen molar-refractivity contribution < 1.29 is 4.39 Å². The van der Waals surface area contributed by atoms with Gasteiger partial charge in [-0.05, 0) is 50.4 Å². The van der Waals surface area contributed by atoms with Gasteiger partial charge in [-0.1, -0.05) is 37.4 Å². The van der Waals surface area contributed by atoms with Crippen molar-refractivity contribution in [3.63, 3.8) is 0 Å². The van der Waals surface area contributed by atoms with Crippen LogP contribution in [-0.2, 0) is 0 Å². The Morgan fingerprint density at radius 3 is 2.86 bits per heavy atom. The lowest BCUT2D eigenvalue weighted by molar-refractivity contribution is 0.202. The summed E-state index contributed by atoms with van der Waals surface area (Å²) in [6, 6.07) is 4.88. The van der Waals surface area contributed by atoms with E-state index >= 15 is 0 Å². The summed E-state index contributed by atoms with van der Waals surface area (Å²) >= 11 is 5.85. The molecule has 2 atom stereocenters. The summed E-state index contributed by atoms with van der Waals surface area (Å²) in [5, 5.41) is 0.436. The maximum Gasteiger partial charge on any atom is 0.129 e. The summed E-state index contributed by atoms with van der Waals surface area (Å²) in [7, 11) is 0. The normalized spacial score (nSPS) is 22.0. The van der Waals surface area contributed by atoms with Crippen LogP contribution in [0.15, 0.2) is 18.2 Å². The predicted molar refractivity (Wildman–Crippen MR) is 87.0 cm³/mol. The summed E-state index contributed by atoms with van der Waals surface area (Å²) in [6.07, 6.45) is 6.20. The van der Waals surface area contributed by atoms with E-state index in [2.05, 4.69) is 11.8 Å². The van der Waals surface area contributed by atoms with Crippen molar-refractivity contribution in [1.82, 2.24) is 4.90 Å². The first kappa shape index (κ1) is 16.7. The minimum Gasteiger partial charge on any atom is -0.329 e. The van der Waals surface area contributed by atoms with Gasteiger partial charge < -0.3 is 5.73 Å². The fraction of sp³-hybridized carbons (Fsp3) is 0.647. The lowest BCUT2D eigenvalue weighted by atomic mass is 9.96. The molecule has 1 aliphatic rings. The van der Waals surface area contributed by atoms with Gasteiger partial charge in [-0.25, -0.2) is 4.39 Å². The quantitative estimate of drug-likeness (QED) is 0.874. The third-order valence-corrected chi connectivity index (χ3v) is 4.80. The van der Waals surface area contributed by atoms with Gasteiger partial charge in [0, 0.05) is 23.2 Å². The Hall–Kier alpha value is -0.640. The largest absolute Gasteiger partial charge is 0.329 e. The fourth-order valence-electron chi connectivity index (χ4n) is 3.44. The van der Waals surface area contributed by atoms with Crippen molar-refractivity contribution in [2.24, 2.45) is 11.7 Å². The van der Waals surface area contributed by atoms with Gasteiger partial charge in [-0.3, -0.25) is 4.90 Å². The zero-order chi connectivity index (χ0) is 15.2. The SMILES string of the molecule is CCCC1CCCN(C(CN)c2ccc(Cl)cc2F)CC1. The summed E-state index contributed by atoms with van der Waals surface area (Å²) < 4.78 is 14.2. The van der Waals surface area contributed by atoms with Crippen molar-refractivity contribution in [3.8, 4) is 0 Å². The maximum absolute atomic E-state index is 14.2. The highest BCUT2D eigenvalue weighted by atomic mass is 35.5. The number of hydrogen-bond donors (Lipinski definition) is 1. The second-order valence-corrected chi connectivity index (χ2v) is 6.48. The summed E-state index contributed by atoms with van der Waals surface area (Å²) in [6.45, 7) is 4.70. The Morgan fingerprint density at radius 1 is 1.38 bits per heavy atom. The minimum absolute atomic E-state index is 0.0392. The number of benzene rings is 1. The van der Waals surface area contributed by atoms with Crippen molar-refractivity contribution in [3.05, 3.63) is 34.6 Å². The number of nitrogens with two attached hydrogens (primary N) is 1. The van der Waals surface area contributed by atoms with E-state index in [-0.39, 0.29) is 11.9 Å². The molecule has 4 heteroatoms. The van der Waals surface area contributed by atoms with Crippen LogP contribution >= 0.6 is 11.6 Å². The molecule has 1 heterocycles. The monoisotopic (exact) mass is 312 g/mol. The third kappa shape index (κ3) is 4.41. The molecule has 0 radical (unpaired) electrons. The molecule has 0 aromatic heterocycles. The lowest BCUT2D eigenvalue weighted by Crippen LogP contribution is -2.35. The molecule has 2 unspecified atom stereocenters. The molecule has 1 aromatic rings. The molecule has 0 aliphatic carbocycles. The van der Waals surface area contributed by atoms with Gasteiger partial charge >= 0.3 is 0 Å². The molecule has 1 aliphatic heterocycles. The third-order valence-electron chi connectivity index (χ3n) is 4.56. The van der Waals surface area contributed by atoms with Crippen LogP contribution in [0.2, 0.25) is 5.02 Å². The number of rotatable bonds is 5. The Bertz CT molecular complexity index is 452. The average molecular weight is 313 g/mol. The van der Waals surface area contributed by atoms with Crippen molar-refractivity contribution >= 4 is 11.6 Å². The van der Waals surface area contributed by atoms with Gasteiger partial charge in [0.15, 0.2) is 0 Å². The highest BCUT2D eigenvalue weighted by Crippen LogP contribution is 2.29. The molecular weight excluding hydrogens is 287 g/mol. The maximum atomic E-state index is 14.2. The number of likely N-dealkylation sites (tertiary alicyclic amines) is 1. The second-order valence-electron chi connectivity index (χ2n) is 6.04. The molecule has 118 valence electrons. The smallest absolute Gasteiger partial charge is 0.129 e. The van der Waals surface area contributed by atoms with Crippen LogP contribution in [0.25, 0.3) is 0 Å². The van der Waals surface area contributed by atoms with Crippen molar-refractivity contribution in [2.75, 3.05) is 19.6 Å². The molecule has 2 nitrogen and oxygen atoms in total. The van der Waals surface area contributed by atoms with Crippen LogP contribution in [0, 0.1) is 11.7 Å². The number of nitrogens with zero attached hydrogens (tertiary/aromatic N) is 1. The van der Waals surface area contributed by atoms with E-state index in [0.29, 0.717) is 17.1 Å². The average Bonchev–Trinajstić information content (AvgIpc) is 2.68. The van der Waals surface area contributed by atoms with Gasteiger partial charge in [0.05, 0.1) is 0 Å². The fourth-order valence-corrected chi connectivity index (χ4v) is 3.60. The van der Waals surface area contributed by atoms with Gasteiger partial charge in [0.2, 0.25) is 0 Å². The molecule has 2 N–H and O–H groups in total. The van der Waals surface area contributed by atoms with Crippen LogP contribution in [0.1, 0.15) is 50.6 Å². The van der Waals surface area contributed by atoms with Gasteiger partial charge in [0.25, 0.3) is 0 Å². The molecule has 0 saturated carbocycles.